The van der Waals surface area contributed by atoms with Gasteiger partial charge >= 0.3 is 0 Å². The van der Waals surface area contributed by atoms with Gasteiger partial charge in [-0.3, -0.25) is 9.89 Å². The Kier molecular flexibility index (Phi) is 4.52. The number of hydrogen-bond donors (Lipinski definition) is 0. The molecule has 0 radical (unpaired) electrons. The summed E-state index contributed by atoms with van der Waals surface area (Å²) in [5.41, 5.74) is 0. The molecule has 0 saturated carbocycles. The van der Waals surface area contributed by atoms with Crippen molar-refractivity contribution in [2.45, 2.75) is 37.0 Å². The average Bonchev–Trinajstić information content (AvgIpc) is 3.08. The minimum Gasteiger partial charge on any atom is -0.350 e. The second-order valence-corrected chi connectivity index (χ2v) is 7.42. The Labute approximate surface area is 123 Å². The van der Waals surface area contributed by atoms with Crippen molar-refractivity contribution < 1.29 is 0 Å². The number of nitrogens with zero attached hydrogens (tertiary/aromatic N) is 3. The van der Waals surface area contributed by atoms with E-state index in [0.717, 1.165) is 17.9 Å². The first kappa shape index (κ1) is 13.3. The summed E-state index contributed by atoms with van der Waals surface area (Å²) in [5, 5.41) is 3.03. The first-order chi connectivity index (χ1) is 8.86. The van der Waals surface area contributed by atoms with Crippen LogP contribution in [0.25, 0.3) is 0 Å². The topological polar surface area (TPSA) is 18.8 Å². The number of likely N-dealkylation sites (tertiary alicyclic amines) is 2. The van der Waals surface area contributed by atoms with Crippen LogP contribution in [0, 0.1) is 0 Å². The van der Waals surface area contributed by atoms with Crippen molar-refractivity contribution in [2.24, 2.45) is 4.99 Å². The molecule has 5 heteroatoms. The highest BCUT2D eigenvalue weighted by atomic mass is 79.9. The van der Waals surface area contributed by atoms with E-state index in [0.29, 0.717) is 5.25 Å². The Balaban J connectivity index is 1.52. The predicted octanol–water partition coefficient (Wildman–Crippen LogP) is 2.41. The third kappa shape index (κ3) is 2.88. The van der Waals surface area contributed by atoms with Crippen LogP contribution in [0.3, 0.4) is 0 Å². The number of piperidine rings is 1. The van der Waals surface area contributed by atoms with E-state index in [1.165, 1.54) is 57.0 Å². The molecule has 0 bridgehead atoms. The molecule has 2 atom stereocenters. The van der Waals surface area contributed by atoms with Gasteiger partial charge in [-0.1, -0.05) is 34.1 Å². The lowest BCUT2D eigenvalue weighted by molar-refractivity contribution is 0.169. The zero-order chi connectivity index (χ0) is 12.4. The molecule has 0 aromatic heterocycles. The fourth-order valence-corrected chi connectivity index (χ4v) is 4.73. The number of hydrogen-bond acceptors (Lipinski definition) is 4. The van der Waals surface area contributed by atoms with Gasteiger partial charge in [-0.2, -0.15) is 0 Å². The molecule has 2 fully saturated rings. The van der Waals surface area contributed by atoms with Crippen molar-refractivity contribution in [3.63, 3.8) is 0 Å². The first-order valence-corrected chi connectivity index (χ1v) is 9.13. The highest BCUT2D eigenvalue weighted by Gasteiger charge is 2.32. The van der Waals surface area contributed by atoms with E-state index in [4.69, 9.17) is 4.99 Å². The Hall–Kier alpha value is 0.260. The zero-order valence-corrected chi connectivity index (χ0v) is 13.3. The fourth-order valence-electron chi connectivity index (χ4n) is 3.16. The maximum Gasteiger partial charge on any atom is 0.159 e. The van der Waals surface area contributed by atoms with Crippen molar-refractivity contribution in [3.05, 3.63) is 0 Å². The second kappa shape index (κ2) is 6.14. The van der Waals surface area contributed by atoms with Crippen LogP contribution in [0.2, 0.25) is 0 Å². The van der Waals surface area contributed by atoms with Gasteiger partial charge in [-0.15, -0.1) is 0 Å². The van der Waals surface area contributed by atoms with E-state index in [-0.39, 0.29) is 0 Å². The molecule has 0 N–H and O–H groups in total. The van der Waals surface area contributed by atoms with Crippen molar-refractivity contribution in [2.75, 3.05) is 38.1 Å². The summed E-state index contributed by atoms with van der Waals surface area (Å²) in [5.74, 6) is 0. The Morgan fingerprint density at radius 1 is 1.22 bits per heavy atom. The maximum atomic E-state index is 4.71. The molecule has 0 aliphatic carbocycles. The minimum atomic E-state index is 0.661. The smallest absolute Gasteiger partial charge is 0.159 e. The standard InChI is InChI=1S/C13H22BrN3S/c14-8-12-9-15-13(18-12)17-7-4-11(10-17)16-5-2-1-3-6-16/h11-12H,1-10H2. The second-order valence-electron chi connectivity index (χ2n) is 5.50. The molecule has 0 aromatic carbocycles. The SMILES string of the molecule is BrCC1CN=C(N2CCC(N3CCCCC3)C2)S1. The lowest BCUT2D eigenvalue weighted by Gasteiger charge is -2.32. The van der Waals surface area contributed by atoms with E-state index in [1.54, 1.807) is 0 Å². The van der Waals surface area contributed by atoms with Gasteiger partial charge in [-0.05, 0) is 32.4 Å². The molecule has 102 valence electrons. The molecule has 3 rings (SSSR count). The molecule has 3 heterocycles. The van der Waals surface area contributed by atoms with Crippen LogP contribution in [0.5, 0.6) is 0 Å². The summed E-state index contributed by atoms with van der Waals surface area (Å²) < 4.78 is 0. The van der Waals surface area contributed by atoms with Crippen LogP contribution in [0.4, 0.5) is 0 Å². The number of halogens is 1. The van der Waals surface area contributed by atoms with Crippen molar-refractivity contribution >= 4 is 32.9 Å². The molecule has 18 heavy (non-hydrogen) atoms. The minimum absolute atomic E-state index is 0.661. The van der Waals surface area contributed by atoms with Gasteiger partial charge in [0.2, 0.25) is 0 Å². The highest BCUT2D eigenvalue weighted by Crippen LogP contribution is 2.28. The normalized spacial score (nSPS) is 34.1. The largest absolute Gasteiger partial charge is 0.350 e. The summed E-state index contributed by atoms with van der Waals surface area (Å²) >= 11 is 5.53. The lowest BCUT2D eigenvalue weighted by Crippen LogP contribution is -2.41. The van der Waals surface area contributed by atoms with Gasteiger partial charge in [0.25, 0.3) is 0 Å². The summed E-state index contributed by atoms with van der Waals surface area (Å²) in [6.45, 7) is 6.06. The third-order valence-corrected chi connectivity index (χ3v) is 6.67. The monoisotopic (exact) mass is 331 g/mol. The van der Waals surface area contributed by atoms with Gasteiger partial charge in [0.05, 0.1) is 6.54 Å². The van der Waals surface area contributed by atoms with Crippen LogP contribution in [-0.4, -0.2) is 64.3 Å². The fraction of sp³-hybridized carbons (Fsp3) is 0.923. The quantitative estimate of drug-likeness (QED) is 0.724. The Morgan fingerprint density at radius 3 is 2.78 bits per heavy atom. The van der Waals surface area contributed by atoms with Gasteiger partial charge in [0.15, 0.2) is 5.17 Å². The molecular weight excluding hydrogens is 310 g/mol. The molecule has 3 aliphatic heterocycles. The highest BCUT2D eigenvalue weighted by molar-refractivity contribution is 9.09. The molecule has 2 saturated heterocycles. The number of alkyl halides is 1. The zero-order valence-electron chi connectivity index (χ0n) is 10.9. The van der Waals surface area contributed by atoms with Crippen molar-refractivity contribution in [3.8, 4) is 0 Å². The molecule has 3 aliphatic rings. The molecule has 0 amide bonds. The molecule has 3 nitrogen and oxygen atoms in total. The van der Waals surface area contributed by atoms with Crippen LogP contribution in [0.15, 0.2) is 4.99 Å². The van der Waals surface area contributed by atoms with Gasteiger partial charge in [0.1, 0.15) is 0 Å². The van der Waals surface area contributed by atoms with Crippen LogP contribution in [0.1, 0.15) is 25.7 Å². The van der Waals surface area contributed by atoms with E-state index >= 15 is 0 Å². The Morgan fingerprint density at radius 2 is 2.06 bits per heavy atom. The summed E-state index contributed by atoms with van der Waals surface area (Å²) in [6.07, 6.45) is 5.57. The summed E-state index contributed by atoms with van der Waals surface area (Å²) in [6, 6.07) is 0.789. The van der Waals surface area contributed by atoms with E-state index in [1.807, 2.05) is 11.8 Å². The molecule has 0 aromatic rings. The number of thioether (sulfide) groups is 1. The third-order valence-electron chi connectivity index (χ3n) is 4.22. The van der Waals surface area contributed by atoms with Gasteiger partial charge in [0, 0.05) is 29.7 Å². The average molecular weight is 332 g/mol. The van der Waals surface area contributed by atoms with E-state index in [2.05, 4.69) is 25.7 Å². The predicted molar refractivity (Wildman–Crippen MR) is 82.9 cm³/mol. The molecule has 2 unspecified atom stereocenters. The van der Waals surface area contributed by atoms with Gasteiger partial charge in [-0.25, -0.2) is 0 Å². The van der Waals surface area contributed by atoms with Crippen molar-refractivity contribution in [1.82, 2.24) is 9.80 Å². The molecular formula is C13H22BrN3S. The van der Waals surface area contributed by atoms with Gasteiger partial charge < -0.3 is 4.90 Å². The number of rotatable bonds is 2. The maximum absolute atomic E-state index is 4.71. The summed E-state index contributed by atoms with van der Waals surface area (Å²) in [7, 11) is 0. The summed E-state index contributed by atoms with van der Waals surface area (Å²) in [4.78, 5) is 9.94. The first-order valence-electron chi connectivity index (χ1n) is 7.13. The van der Waals surface area contributed by atoms with E-state index < -0.39 is 0 Å². The molecule has 0 spiro atoms. The number of amidine groups is 1. The Bertz CT molecular complexity index is 317. The van der Waals surface area contributed by atoms with E-state index in [9.17, 15) is 0 Å². The van der Waals surface area contributed by atoms with Crippen molar-refractivity contribution in [1.29, 1.82) is 0 Å². The lowest BCUT2D eigenvalue weighted by atomic mass is 10.1. The van der Waals surface area contributed by atoms with Crippen LogP contribution < -0.4 is 0 Å². The number of aliphatic imine (C=N–C) groups is 1. The van der Waals surface area contributed by atoms with Crippen LogP contribution >= 0.6 is 27.7 Å². The van der Waals surface area contributed by atoms with Crippen LogP contribution in [-0.2, 0) is 0 Å².